The second kappa shape index (κ2) is 3.38. The van der Waals surface area contributed by atoms with E-state index in [1.807, 2.05) is 6.92 Å². The van der Waals surface area contributed by atoms with Crippen molar-refractivity contribution in [1.29, 1.82) is 0 Å². The number of nitrogens with zero attached hydrogens (tertiary/aromatic N) is 1. The van der Waals surface area contributed by atoms with E-state index in [9.17, 15) is 4.79 Å². The monoisotopic (exact) mass is 167 g/mol. The molecule has 0 unspecified atom stereocenters. The van der Waals surface area contributed by atoms with Crippen LogP contribution in [0.5, 0.6) is 0 Å². The highest BCUT2D eigenvalue weighted by Gasteiger charge is 2.03. The molecule has 0 saturated carbocycles. The Bertz CT molecular complexity index is 330. The number of aromatic nitrogens is 2. The number of anilines is 1. The Labute approximate surface area is 71.0 Å². The van der Waals surface area contributed by atoms with Crippen LogP contribution in [-0.2, 0) is 6.42 Å². The molecule has 1 rings (SSSR count). The topological polar surface area (TPSA) is 57.8 Å². The van der Waals surface area contributed by atoms with E-state index in [0.717, 1.165) is 12.1 Å². The molecule has 0 spiro atoms. The van der Waals surface area contributed by atoms with Gasteiger partial charge in [0.15, 0.2) is 0 Å². The normalized spacial score (nSPS) is 9.92. The molecule has 0 fully saturated rings. The first-order valence-corrected chi connectivity index (χ1v) is 3.96. The molecule has 0 aliphatic rings. The molecule has 0 radical (unpaired) electrons. The molecule has 0 atom stereocenters. The Morgan fingerprint density at radius 2 is 2.25 bits per heavy atom. The molecular weight excluding hydrogens is 154 g/mol. The summed E-state index contributed by atoms with van der Waals surface area (Å²) in [6, 6.07) is 0. The molecule has 0 aliphatic carbocycles. The van der Waals surface area contributed by atoms with Gasteiger partial charge in [-0.2, -0.15) is 0 Å². The second-order valence-corrected chi connectivity index (χ2v) is 2.59. The van der Waals surface area contributed by atoms with Crippen LogP contribution in [0.15, 0.2) is 4.79 Å². The lowest BCUT2D eigenvalue weighted by molar-refractivity contribution is 0.950. The minimum atomic E-state index is -0.0637. The number of aromatic amines is 1. The Morgan fingerprint density at radius 3 is 2.75 bits per heavy atom. The van der Waals surface area contributed by atoms with E-state index in [0.29, 0.717) is 11.5 Å². The van der Waals surface area contributed by atoms with Crippen LogP contribution in [0, 0.1) is 6.92 Å². The minimum absolute atomic E-state index is 0.0637. The minimum Gasteiger partial charge on any atom is -0.359 e. The first-order chi connectivity index (χ1) is 5.69. The summed E-state index contributed by atoms with van der Waals surface area (Å²) in [5.74, 6) is 0.530. The number of H-pyrrole nitrogens is 1. The average Bonchev–Trinajstić information content (AvgIpc) is 2.09. The van der Waals surface area contributed by atoms with Crippen molar-refractivity contribution >= 4 is 5.95 Å². The molecule has 1 aromatic heterocycles. The van der Waals surface area contributed by atoms with Crippen LogP contribution in [0.4, 0.5) is 5.95 Å². The molecule has 12 heavy (non-hydrogen) atoms. The third kappa shape index (κ3) is 1.47. The van der Waals surface area contributed by atoms with Gasteiger partial charge in [-0.1, -0.05) is 6.92 Å². The molecule has 66 valence electrons. The van der Waals surface area contributed by atoms with Crippen LogP contribution in [-0.4, -0.2) is 17.0 Å². The third-order valence-corrected chi connectivity index (χ3v) is 1.82. The highest BCUT2D eigenvalue weighted by atomic mass is 16.1. The Kier molecular flexibility index (Phi) is 2.47. The molecule has 2 N–H and O–H groups in total. The van der Waals surface area contributed by atoms with E-state index in [1.54, 1.807) is 14.0 Å². The fourth-order valence-corrected chi connectivity index (χ4v) is 1.04. The molecule has 0 amide bonds. The number of nitrogens with one attached hydrogen (secondary N) is 2. The summed E-state index contributed by atoms with van der Waals surface area (Å²) in [5.41, 5.74) is 1.49. The molecule has 4 heteroatoms. The summed E-state index contributed by atoms with van der Waals surface area (Å²) in [5, 5.41) is 2.80. The zero-order chi connectivity index (χ0) is 9.14. The number of hydrogen-bond donors (Lipinski definition) is 2. The van der Waals surface area contributed by atoms with Crippen LogP contribution in [0.25, 0.3) is 0 Å². The maximum atomic E-state index is 11.2. The van der Waals surface area contributed by atoms with E-state index in [4.69, 9.17) is 0 Å². The zero-order valence-electron chi connectivity index (χ0n) is 7.56. The lowest BCUT2D eigenvalue weighted by Gasteiger charge is -2.03. The fourth-order valence-electron chi connectivity index (χ4n) is 1.04. The number of hydrogen-bond acceptors (Lipinski definition) is 3. The predicted octanol–water partition coefficient (Wildman–Crippen LogP) is 0.682. The van der Waals surface area contributed by atoms with Gasteiger partial charge in [0, 0.05) is 12.6 Å². The maximum Gasteiger partial charge on any atom is 0.255 e. The quantitative estimate of drug-likeness (QED) is 0.681. The summed E-state index contributed by atoms with van der Waals surface area (Å²) >= 11 is 0. The highest BCUT2D eigenvalue weighted by Crippen LogP contribution is 2.01. The highest BCUT2D eigenvalue weighted by molar-refractivity contribution is 5.28. The van der Waals surface area contributed by atoms with Crippen LogP contribution in [0.3, 0.4) is 0 Å². The second-order valence-electron chi connectivity index (χ2n) is 2.59. The van der Waals surface area contributed by atoms with E-state index in [-0.39, 0.29) is 5.56 Å². The van der Waals surface area contributed by atoms with E-state index in [2.05, 4.69) is 15.3 Å². The first kappa shape index (κ1) is 8.77. The van der Waals surface area contributed by atoms with E-state index in [1.165, 1.54) is 0 Å². The van der Waals surface area contributed by atoms with Gasteiger partial charge in [0.2, 0.25) is 5.95 Å². The molecule has 0 aromatic carbocycles. The molecule has 0 bridgehead atoms. The van der Waals surface area contributed by atoms with Crippen molar-refractivity contribution < 1.29 is 0 Å². The van der Waals surface area contributed by atoms with Crippen molar-refractivity contribution in [1.82, 2.24) is 9.97 Å². The van der Waals surface area contributed by atoms with E-state index >= 15 is 0 Å². The third-order valence-electron chi connectivity index (χ3n) is 1.82. The molecule has 1 aromatic rings. The van der Waals surface area contributed by atoms with Gasteiger partial charge in [-0.25, -0.2) is 4.98 Å². The summed E-state index contributed by atoms with van der Waals surface area (Å²) in [4.78, 5) is 18.1. The lowest BCUT2D eigenvalue weighted by Crippen LogP contribution is -2.16. The Balaban J connectivity index is 3.29. The lowest BCUT2D eigenvalue weighted by atomic mass is 10.2. The maximum absolute atomic E-state index is 11.2. The van der Waals surface area contributed by atoms with Crippen LogP contribution in [0.2, 0.25) is 0 Å². The van der Waals surface area contributed by atoms with Crippen LogP contribution < -0.4 is 10.9 Å². The van der Waals surface area contributed by atoms with Gasteiger partial charge in [0.25, 0.3) is 5.56 Å². The molecule has 1 heterocycles. The van der Waals surface area contributed by atoms with Gasteiger partial charge in [0.05, 0.1) is 5.69 Å². The van der Waals surface area contributed by atoms with Gasteiger partial charge in [-0.3, -0.25) is 9.78 Å². The van der Waals surface area contributed by atoms with Crippen molar-refractivity contribution in [2.75, 3.05) is 12.4 Å². The fraction of sp³-hybridized carbons (Fsp3) is 0.500. The average molecular weight is 167 g/mol. The van der Waals surface area contributed by atoms with Gasteiger partial charge in [-0.15, -0.1) is 0 Å². The van der Waals surface area contributed by atoms with Crippen molar-refractivity contribution in [3.8, 4) is 0 Å². The standard InChI is InChI=1S/C8H13N3O/c1-4-6-5(2)7(12)11-8(9-3)10-6/h4H2,1-3H3,(H2,9,10,11,12). The van der Waals surface area contributed by atoms with Gasteiger partial charge < -0.3 is 5.32 Å². The zero-order valence-corrected chi connectivity index (χ0v) is 7.56. The van der Waals surface area contributed by atoms with E-state index < -0.39 is 0 Å². The van der Waals surface area contributed by atoms with Gasteiger partial charge in [-0.05, 0) is 13.3 Å². The first-order valence-electron chi connectivity index (χ1n) is 3.96. The number of rotatable bonds is 2. The number of aryl methyl sites for hydroxylation is 1. The Morgan fingerprint density at radius 1 is 1.58 bits per heavy atom. The largest absolute Gasteiger partial charge is 0.359 e. The van der Waals surface area contributed by atoms with Crippen LogP contribution in [0.1, 0.15) is 18.2 Å². The van der Waals surface area contributed by atoms with Gasteiger partial charge >= 0.3 is 0 Å². The summed E-state index contributed by atoms with van der Waals surface area (Å²) < 4.78 is 0. The van der Waals surface area contributed by atoms with Gasteiger partial charge in [0.1, 0.15) is 0 Å². The molecular formula is C8H13N3O. The van der Waals surface area contributed by atoms with Crippen molar-refractivity contribution in [3.05, 3.63) is 21.6 Å². The predicted molar refractivity (Wildman–Crippen MR) is 48.5 cm³/mol. The smallest absolute Gasteiger partial charge is 0.255 e. The molecule has 0 aliphatic heterocycles. The SMILES string of the molecule is CCc1nc(NC)[nH]c(=O)c1C. The summed E-state index contributed by atoms with van der Waals surface area (Å²) in [6.45, 7) is 3.76. The Hall–Kier alpha value is -1.32. The van der Waals surface area contributed by atoms with Crippen molar-refractivity contribution in [2.24, 2.45) is 0 Å². The summed E-state index contributed by atoms with van der Waals surface area (Å²) in [7, 11) is 1.73. The van der Waals surface area contributed by atoms with Crippen LogP contribution >= 0.6 is 0 Å². The molecule has 4 nitrogen and oxygen atoms in total. The molecule has 0 saturated heterocycles. The van der Waals surface area contributed by atoms with Crippen molar-refractivity contribution in [2.45, 2.75) is 20.3 Å². The summed E-state index contributed by atoms with van der Waals surface area (Å²) in [6.07, 6.45) is 0.782. The van der Waals surface area contributed by atoms with Crippen molar-refractivity contribution in [3.63, 3.8) is 0 Å².